The smallest absolute Gasteiger partial charge is 1.00 e. The molecule has 4 rings (SSSR count). The fourth-order valence-corrected chi connectivity index (χ4v) is 3.98. The van der Waals surface area contributed by atoms with Gasteiger partial charge in [0.05, 0.1) is 18.6 Å². The topological polar surface area (TPSA) is 119 Å². The number of hydrogen-bond acceptors (Lipinski definition) is 7. The van der Waals surface area contributed by atoms with Gasteiger partial charge in [0, 0.05) is 22.8 Å². The SMILES string of the molecule is CCc1cc(-c2ccc(F)cc2)c(O)cc1OCCC(=O)OOc1cccc(C(=O)c2ccccc2C(=O)O)c1.[H-].[H-].[Na+].[Na+]. The first-order chi connectivity index (χ1) is 19.3. The Labute approximate surface area is 288 Å². The Kier molecular flexibility index (Phi) is 13.7. The zero-order valence-corrected chi connectivity index (χ0v) is 27.4. The van der Waals surface area contributed by atoms with Crippen molar-refractivity contribution >= 4 is 17.7 Å². The Morgan fingerprint density at radius 1 is 0.881 bits per heavy atom. The molecule has 0 saturated carbocycles. The molecular weight excluding hydrogens is 565 g/mol. The first-order valence-electron chi connectivity index (χ1n) is 12.4. The maximum absolute atomic E-state index is 13.3. The van der Waals surface area contributed by atoms with E-state index < -0.39 is 17.7 Å². The summed E-state index contributed by atoms with van der Waals surface area (Å²) in [6.07, 6.45) is 0.414. The van der Waals surface area contributed by atoms with Gasteiger partial charge in [-0.1, -0.05) is 49.4 Å². The second kappa shape index (κ2) is 16.5. The molecule has 0 aliphatic rings. The number of aryl methyl sites for hydroxylation is 1. The van der Waals surface area contributed by atoms with E-state index in [0.717, 1.165) is 5.56 Å². The molecule has 0 aliphatic carbocycles. The van der Waals surface area contributed by atoms with E-state index in [4.69, 9.17) is 14.5 Å². The van der Waals surface area contributed by atoms with Crippen molar-refractivity contribution in [3.05, 3.63) is 113 Å². The third-order valence-electron chi connectivity index (χ3n) is 6.01. The maximum atomic E-state index is 13.3. The molecule has 0 heterocycles. The third kappa shape index (κ3) is 8.91. The van der Waals surface area contributed by atoms with Crippen molar-refractivity contribution in [2.75, 3.05) is 6.61 Å². The van der Waals surface area contributed by atoms with Crippen molar-refractivity contribution in [3.8, 4) is 28.4 Å². The molecule has 0 amide bonds. The molecule has 0 fully saturated rings. The van der Waals surface area contributed by atoms with Crippen LogP contribution < -0.4 is 68.7 Å². The molecule has 208 valence electrons. The molecule has 0 aromatic heterocycles. The van der Waals surface area contributed by atoms with Gasteiger partial charge >= 0.3 is 71.1 Å². The van der Waals surface area contributed by atoms with Gasteiger partial charge in [0.1, 0.15) is 17.3 Å². The summed E-state index contributed by atoms with van der Waals surface area (Å²) in [5, 5.41) is 19.8. The largest absolute Gasteiger partial charge is 1.00 e. The van der Waals surface area contributed by atoms with E-state index in [1.165, 1.54) is 60.7 Å². The van der Waals surface area contributed by atoms with E-state index in [1.54, 1.807) is 24.3 Å². The van der Waals surface area contributed by atoms with E-state index in [2.05, 4.69) is 0 Å². The number of carbonyl (C=O) groups excluding carboxylic acids is 2. The number of carbonyl (C=O) groups is 3. The molecule has 0 radical (unpaired) electrons. The molecule has 4 aromatic rings. The van der Waals surface area contributed by atoms with Crippen molar-refractivity contribution in [2.24, 2.45) is 0 Å². The number of hydrogen-bond donors (Lipinski definition) is 2. The van der Waals surface area contributed by atoms with Crippen LogP contribution >= 0.6 is 0 Å². The Bertz CT molecular complexity index is 1570. The van der Waals surface area contributed by atoms with Crippen molar-refractivity contribution in [3.63, 3.8) is 0 Å². The molecule has 8 nitrogen and oxygen atoms in total. The summed E-state index contributed by atoms with van der Waals surface area (Å²) in [7, 11) is 0. The average molecular weight is 593 g/mol. The summed E-state index contributed by atoms with van der Waals surface area (Å²) in [6, 6.07) is 20.6. The summed E-state index contributed by atoms with van der Waals surface area (Å²) in [4.78, 5) is 46.4. The van der Waals surface area contributed by atoms with Crippen LogP contribution in [0.15, 0.2) is 84.9 Å². The summed E-state index contributed by atoms with van der Waals surface area (Å²) in [6.45, 7) is 1.85. The van der Waals surface area contributed by atoms with Crippen LogP contribution in [0.1, 0.15) is 48.0 Å². The van der Waals surface area contributed by atoms with Crippen LogP contribution in [0.2, 0.25) is 0 Å². The summed E-state index contributed by atoms with van der Waals surface area (Å²) in [5.74, 6) is -2.45. The number of carboxylic acids is 1. The molecule has 42 heavy (non-hydrogen) atoms. The van der Waals surface area contributed by atoms with Gasteiger partial charge in [-0.2, -0.15) is 0 Å². The number of phenolic OH excluding ortho intramolecular Hbond substituents is 1. The van der Waals surface area contributed by atoms with Crippen LogP contribution in [0.25, 0.3) is 11.1 Å². The van der Waals surface area contributed by atoms with Crippen molar-refractivity contribution < 1.29 is 105 Å². The second-order valence-electron chi connectivity index (χ2n) is 8.68. The van der Waals surface area contributed by atoms with Gasteiger partial charge < -0.3 is 17.8 Å². The average Bonchev–Trinajstić information content (AvgIpc) is 2.96. The quantitative estimate of drug-likeness (QED) is 0.110. The molecule has 11 heteroatoms. The molecular formula is C31H27FNa2O8. The summed E-state index contributed by atoms with van der Waals surface area (Å²) < 4.78 is 19.0. The number of carboxylic acid groups (broad SMARTS) is 1. The first kappa shape index (κ1) is 35.0. The Balaban J connectivity index is 0.00000462. The van der Waals surface area contributed by atoms with Gasteiger partial charge in [0.15, 0.2) is 11.5 Å². The van der Waals surface area contributed by atoms with E-state index in [0.29, 0.717) is 23.3 Å². The number of rotatable bonds is 11. The summed E-state index contributed by atoms with van der Waals surface area (Å²) >= 11 is 0. The van der Waals surface area contributed by atoms with Gasteiger partial charge in [-0.25, -0.2) is 14.0 Å². The predicted octanol–water partition coefficient (Wildman–Crippen LogP) is 0.229. The van der Waals surface area contributed by atoms with Crippen LogP contribution in [-0.2, 0) is 16.1 Å². The van der Waals surface area contributed by atoms with Crippen LogP contribution in [0.4, 0.5) is 4.39 Å². The Hall–Kier alpha value is -3.18. The standard InChI is InChI=1S/C31H25FO8.2Na.2H/c1-2-19-17-26(20-10-12-22(32)13-11-20)27(33)18-28(19)38-15-14-29(34)40-39-23-7-5-6-21(16-23)30(35)24-8-3-4-9-25(24)31(36)37;;;;/h3-13,16-18,33H,2,14-15H2,1H3,(H,36,37);;;;/q;2*+1;2*-1. The van der Waals surface area contributed by atoms with Crippen molar-refractivity contribution in [1.29, 1.82) is 0 Å². The number of benzene rings is 4. The molecule has 2 N–H and O–H groups in total. The third-order valence-corrected chi connectivity index (χ3v) is 6.01. The number of ether oxygens (including phenoxy) is 1. The first-order valence-corrected chi connectivity index (χ1v) is 12.4. The molecule has 4 aromatic carbocycles. The predicted molar refractivity (Wildman–Crippen MR) is 145 cm³/mol. The number of ketones is 1. The van der Waals surface area contributed by atoms with Gasteiger partial charge in [-0.05, 0) is 53.9 Å². The Morgan fingerprint density at radius 3 is 2.24 bits per heavy atom. The van der Waals surface area contributed by atoms with Gasteiger partial charge in [-0.3, -0.25) is 14.6 Å². The fraction of sp³-hybridized carbons (Fsp3) is 0.129. The van der Waals surface area contributed by atoms with E-state index in [-0.39, 0.29) is 109 Å². The summed E-state index contributed by atoms with van der Waals surface area (Å²) in [5.41, 5.74) is 2.01. The number of aromatic carboxylic acids is 1. The molecule has 0 aliphatic heterocycles. The molecule has 0 saturated heterocycles. The van der Waals surface area contributed by atoms with Crippen LogP contribution in [0.3, 0.4) is 0 Å². The minimum absolute atomic E-state index is 0. The number of phenols is 1. The molecule has 0 spiro atoms. The van der Waals surface area contributed by atoms with Gasteiger partial charge in [0.2, 0.25) is 0 Å². The van der Waals surface area contributed by atoms with E-state index in [9.17, 15) is 29.0 Å². The number of halogens is 1. The molecule has 0 atom stereocenters. The van der Waals surface area contributed by atoms with Crippen LogP contribution in [0.5, 0.6) is 17.2 Å². The normalized spacial score (nSPS) is 10.0. The van der Waals surface area contributed by atoms with Crippen LogP contribution in [0, 0.1) is 5.82 Å². The molecule has 0 bridgehead atoms. The van der Waals surface area contributed by atoms with Crippen molar-refractivity contribution in [1.82, 2.24) is 0 Å². The van der Waals surface area contributed by atoms with E-state index in [1.807, 2.05) is 6.92 Å². The van der Waals surface area contributed by atoms with Crippen molar-refractivity contribution in [2.45, 2.75) is 19.8 Å². The zero-order valence-electron chi connectivity index (χ0n) is 25.4. The van der Waals surface area contributed by atoms with Gasteiger partial charge in [0.25, 0.3) is 0 Å². The monoisotopic (exact) mass is 592 g/mol. The van der Waals surface area contributed by atoms with Gasteiger partial charge in [-0.15, -0.1) is 0 Å². The van der Waals surface area contributed by atoms with E-state index >= 15 is 0 Å². The second-order valence-corrected chi connectivity index (χ2v) is 8.68. The maximum Gasteiger partial charge on any atom is 1.00 e. The number of aromatic hydroxyl groups is 1. The molecule has 0 unspecified atom stereocenters. The minimum atomic E-state index is -1.22. The Morgan fingerprint density at radius 2 is 1.57 bits per heavy atom. The fourth-order valence-electron chi connectivity index (χ4n) is 3.98. The minimum Gasteiger partial charge on any atom is -1.00 e. The zero-order chi connectivity index (χ0) is 28.6. The van der Waals surface area contributed by atoms with Crippen LogP contribution in [-0.4, -0.2) is 34.5 Å².